The van der Waals surface area contributed by atoms with E-state index in [0.29, 0.717) is 24.6 Å². The Morgan fingerprint density at radius 2 is 2.18 bits per heavy atom. The number of nitrogens with one attached hydrogen (secondary N) is 2. The molecule has 11 heavy (non-hydrogen) atoms. The Balaban J connectivity index is 1.94. The van der Waals surface area contributed by atoms with Gasteiger partial charge in [-0.3, -0.25) is 0 Å². The molecule has 2 aliphatic heterocycles. The predicted octanol–water partition coefficient (Wildman–Crippen LogP) is -2.59. The van der Waals surface area contributed by atoms with E-state index >= 15 is 0 Å². The van der Waals surface area contributed by atoms with Gasteiger partial charge in [-0.05, 0) is 0 Å². The Kier molecular flexibility index (Phi) is 2.97. The van der Waals surface area contributed by atoms with Crippen LogP contribution >= 0.6 is 8.93 Å². The van der Waals surface area contributed by atoms with Crippen LogP contribution in [-0.4, -0.2) is 28.9 Å². The van der Waals surface area contributed by atoms with Crippen molar-refractivity contribution in [1.29, 1.82) is 0 Å². The minimum atomic E-state index is 0.406. The average molecular weight is 285 g/mol. The number of rotatable bonds is 0. The van der Waals surface area contributed by atoms with Crippen LogP contribution in [0.2, 0.25) is 0 Å². The molecule has 1 unspecified atom stereocenters. The molecular weight excluding hydrogens is 271 g/mol. The zero-order valence-electron chi connectivity index (χ0n) is 6.53. The van der Waals surface area contributed by atoms with Gasteiger partial charge in [0.1, 0.15) is 0 Å². The summed E-state index contributed by atoms with van der Waals surface area (Å²) in [5.41, 5.74) is 0. The molecule has 0 aromatic rings. The van der Waals surface area contributed by atoms with Gasteiger partial charge in [0, 0.05) is 0 Å². The number of halogens is 1. The van der Waals surface area contributed by atoms with Gasteiger partial charge in [-0.25, -0.2) is 0 Å². The fourth-order valence-corrected chi connectivity index (χ4v) is 7.51. The number of hydrogen-bond donors (Lipinski definition) is 2. The van der Waals surface area contributed by atoms with Crippen LogP contribution in [0.4, 0.5) is 0 Å². The molecule has 1 spiro atoms. The zero-order valence-corrected chi connectivity index (χ0v) is 9.50. The van der Waals surface area contributed by atoms with E-state index in [1.54, 1.807) is 0 Å². The first kappa shape index (κ1) is 8.59. The Labute approximate surface area is 81.0 Å². The molecule has 2 aliphatic rings. The second-order valence-electron chi connectivity index (χ2n) is 3.21. The van der Waals surface area contributed by atoms with Gasteiger partial charge in [-0.1, -0.05) is 0 Å². The second kappa shape index (κ2) is 3.81. The third-order valence-corrected chi connectivity index (χ3v) is 8.50. The molecule has 0 aromatic carbocycles. The van der Waals surface area contributed by atoms with Crippen molar-refractivity contribution in [3.63, 3.8) is 0 Å². The molecule has 2 fully saturated rings. The van der Waals surface area contributed by atoms with Crippen LogP contribution in [0.15, 0.2) is 0 Å². The Bertz CT molecular complexity index is 111. The summed E-state index contributed by atoms with van der Waals surface area (Å²) in [6.07, 6.45) is 2.80. The fourth-order valence-electron chi connectivity index (χ4n) is 1.64. The third kappa shape index (κ3) is 2.02. The standard InChI is InChI=1S/C7H14IN2S/c1-2-7(4-9-3-1)5-10-6-8-11-7/h9-10H,1-6H2/q-1. The predicted molar refractivity (Wildman–Crippen MR) is 45.3 cm³/mol. The van der Waals surface area contributed by atoms with Gasteiger partial charge < -0.3 is 0 Å². The van der Waals surface area contributed by atoms with Gasteiger partial charge in [0.2, 0.25) is 0 Å². The first-order valence-corrected chi connectivity index (χ1v) is 8.99. The molecule has 4 heteroatoms. The monoisotopic (exact) mass is 285 g/mol. The van der Waals surface area contributed by atoms with Gasteiger partial charge >= 0.3 is 81.2 Å². The van der Waals surface area contributed by atoms with Crippen LogP contribution in [0.1, 0.15) is 12.8 Å². The molecule has 0 bridgehead atoms. The fraction of sp³-hybridized carbons (Fsp3) is 1.00. The summed E-state index contributed by atoms with van der Waals surface area (Å²) in [7, 11) is 2.27. The molecule has 2 N–H and O–H groups in total. The Morgan fingerprint density at radius 3 is 2.82 bits per heavy atom. The van der Waals surface area contributed by atoms with Crippen molar-refractivity contribution in [2.24, 2.45) is 0 Å². The number of piperidine rings is 1. The summed E-state index contributed by atoms with van der Waals surface area (Å²) < 4.78 is 1.91. The Hall–Kier alpha value is 1.00. The summed E-state index contributed by atoms with van der Waals surface area (Å²) in [6.45, 7) is 3.72. The van der Waals surface area contributed by atoms with Gasteiger partial charge in [-0.15, -0.1) is 0 Å². The maximum atomic E-state index is 3.53. The SMILES string of the molecule is C1CNCC2(C1)CNC[I-]S2. The van der Waals surface area contributed by atoms with Crippen LogP contribution in [0.3, 0.4) is 0 Å². The second-order valence-corrected chi connectivity index (χ2v) is 8.40. The van der Waals surface area contributed by atoms with E-state index in [0.717, 1.165) is 0 Å². The van der Waals surface area contributed by atoms with Gasteiger partial charge in [0.05, 0.1) is 0 Å². The van der Waals surface area contributed by atoms with Gasteiger partial charge in [0.15, 0.2) is 0 Å². The number of hydrogen-bond acceptors (Lipinski definition) is 3. The average Bonchev–Trinajstić information content (AvgIpc) is 2.07. The van der Waals surface area contributed by atoms with Crippen LogP contribution in [0.25, 0.3) is 0 Å². The van der Waals surface area contributed by atoms with E-state index < -0.39 is 0 Å². The molecule has 1 atom stereocenters. The molecule has 2 saturated heterocycles. The summed E-state index contributed by atoms with van der Waals surface area (Å²) in [6, 6.07) is 0. The quantitative estimate of drug-likeness (QED) is 0.290. The van der Waals surface area contributed by atoms with Crippen molar-refractivity contribution in [3.8, 4) is 0 Å². The number of alkyl halides is 1. The molecule has 2 rings (SSSR count). The van der Waals surface area contributed by atoms with E-state index in [1.807, 2.05) is 0 Å². The van der Waals surface area contributed by atoms with Crippen molar-refractivity contribution in [1.82, 2.24) is 10.6 Å². The summed E-state index contributed by atoms with van der Waals surface area (Å²) in [4.78, 5) is 0. The summed E-state index contributed by atoms with van der Waals surface area (Å²) in [5, 5.41) is 7.04. The normalized spacial score (nSPS) is 40.0. The van der Waals surface area contributed by atoms with E-state index in [2.05, 4.69) is 19.6 Å². The van der Waals surface area contributed by atoms with Crippen molar-refractivity contribution in [2.45, 2.75) is 17.6 Å². The molecule has 2 heterocycles. The first-order chi connectivity index (χ1) is 5.41. The molecule has 2 nitrogen and oxygen atoms in total. The van der Waals surface area contributed by atoms with E-state index in [1.165, 1.54) is 37.0 Å². The van der Waals surface area contributed by atoms with Crippen LogP contribution in [0, 0.1) is 0 Å². The van der Waals surface area contributed by atoms with E-state index in [-0.39, 0.29) is 0 Å². The van der Waals surface area contributed by atoms with Gasteiger partial charge in [0.25, 0.3) is 0 Å². The molecule has 0 amide bonds. The van der Waals surface area contributed by atoms with Crippen molar-refractivity contribution >= 4 is 8.93 Å². The third-order valence-electron chi connectivity index (χ3n) is 2.25. The summed E-state index contributed by atoms with van der Waals surface area (Å²) in [5.74, 6) is 0. The van der Waals surface area contributed by atoms with E-state index in [4.69, 9.17) is 0 Å². The Morgan fingerprint density at radius 1 is 1.27 bits per heavy atom. The van der Waals surface area contributed by atoms with Gasteiger partial charge in [-0.2, -0.15) is 0 Å². The van der Waals surface area contributed by atoms with Crippen LogP contribution in [0.5, 0.6) is 0 Å². The molecule has 66 valence electrons. The topological polar surface area (TPSA) is 24.1 Å². The molecular formula is C7H14IN2S-. The van der Waals surface area contributed by atoms with Crippen LogP contribution < -0.4 is 30.5 Å². The molecule has 0 aliphatic carbocycles. The van der Waals surface area contributed by atoms with Crippen molar-refractivity contribution < 1.29 is 19.8 Å². The van der Waals surface area contributed by atoms with E-state index in [9.17, 15) is 0 Å². The van der Waals surface area contributed by atoms with Crippen molar-refractivity contribution in [2.75, 3.05) is 24.2 Å². The minimum absolute atomic E-state index is 0.406. The van der Waals surface area contributed by atoms with Crippen LogP contribution in [-0.2, 0) is 0 Å². The maximum absolute atomic E-state index is 3.53. The van der Waals surface area contributed by atoms with Crippen molar-refractivity contribution in [3.05, 3.63) is 0 Å². The summed E-state index contributed by atoms with van der Waals surface area (Å²) >= 11 is 0.406. The molecule has 0 radical (unpaired) electrons. The molecule has 0 aromatic heterocycles. The zero-order chi connectivity index (χ0) is 7.57. The first-order valence-electron chi connectivity index (χ1n) is 4.10. The molecule has 0 saturated carbocycles.